The molecule has 1 N–H and O–H groups in total. The average Bonchev–Trinajstić information content (AvgIpc) is 2.73. The van der Waals surface area contributed by atoms with Gasteiger partial charge in [0, 0.05) is 7.05 Å². The predicted octanol–water partition coefficient (Wildman–Crippen LogP) is 2.06. The van der Waals surface area contributed by atoms with Crippen molar-refractivity contribution in [1.29, 1.82) is 0 Å². The number of hydrogen-bond donors (Lipinski definition) is 1. The Labute approximate surface area is 112 Å². The van der Waals surface area contributed by atoms with Crippen molar-refractivity contribution in [2.24, 2.45) is 13.0 Å². The molecule has 1 aromatic carbocycles. The molecule has 1 saturated heterocycles. The Kier molecular flexibility index (Phi) is 3.42. The van der Waals surface area contributed by atoms with Crippen molar-refractivity contribution in [3.05, 3.63) is 34.3 Å². The van der Waals surface area contributed by atoms with E-state index in [-0.39, 0.29) is 5.76 Å². The minimum Gasteiger partial charge on any atom is -0.408 e. The molecule has 3 rings (SSSR count). The van der Waals surface area contributed by atoms with Gasteiger partial charge in [-0.15, -0.1) is 0 Å². The minimum atomic E-state index is -0.287. The number of fused-ring (bicyclic) bond motifs is 1. The molecule has 102 valence electrons. The summed E-state index contributed by atoms with van der Waals surface area (Å²) in [6, 6.07) is 6.11. The summed E-state index contributed by atoms with van der Waals surface area (Å²) in [4.78, 5) is 11.4. The standard InChI is InChI=1S/C15H20N2O2/c1-17-13-5-4-12(10-14(13)19-15(17)18)3-2-11-6-8-16-9-7-11/h4-5,10-11,16H,2-3,6-9H2,1H3. The van der Waals surface area contributed by atoms with Crippen LogP contribution in [-0.2, 0) is 13.5 Å². The van der Waals surface area contributed by atoms with Gasteiger partial charge in [0.25, 0.3) is 0 Å². The van der Waals surface area contributed by atoms with Crippen molar-refractivity contribution < 1.29 is 4.42 Å². The van der Waals surface area contributed by atoms with E-state index in [9.17, 15) is 4.79 Å². The van der Waals surface area contributed by atoms with E-state index in [2.05, 4.69) is 11.4 Å². The van der Waals surface area contributed by atoms with Crippen LogP contribution in [0.4, 0.5) is 0 Å². The molecule has 4 heteroatoms. The summed E-state index contributed by atoms with van der Waals surface area (Å²) in [5, 5.41) is 3.39. The first-order chi connectivity index (χ1) is 9.24. The maximum Gasteiger partial charge on any atom is 0.419 e. The van der Waals surface area contributed by atoms with Gasteiger partial charge in [0.15, 0.2) is 5.58 Å². The molecular formula is C15H20N2O2. The molecular weight excluding hydrogens is 240 g/mol. The molecule has 1 aliphatic heterocycles. The Balaban J connectivity index is 1.72. The molecule has 0 aliphatic carbocycles. The summed E-state index contributed by atoms with van der Waals surface area (Å²) in [7, 11) is 1.74. The number of hydrogen-bond acceptors (Lipinski definition) is 3. The van der Waals surface area contributed by atoms with Crippen LogP contribution in [-0.4, -0.2) is 17.7 Å². The highest BCUT2D eigenvalue weighted by molar-refractivity contribution is 5.73. The van der Waals surface area contributed by atoms with Crippen LogP contribution in [0.15, 0.2) is 27.4 Å². The number of benzene rings is 1. The molecule has 0 amide bonds. The fourth-order valence-electron chi connectivity index (χ4n) is 2.87. The minimum absolute atomic E-state index is 0.287. The molecule has 0 bridgehead atoms. The Bertz CT molecular complexity index is 621. The average molecular weight is 260 g/mol. The molecule has 4 nitrogen and oxygen atoms in total. The van der Waals surface area contributed by atoms with Crippen molar-refractivity contribution in [2.75, 3.05) is 13.1 Å². The van der Waals surface area contributed by atoms with E-state index in [4.69, 9.17) is 4.42 Å². The smallest absolute Gasteiger partial charge is 0.408 e. The van der Waals surface area contributed by atoms with Crippen molar-refractivity contribution in [1.82, 2.24) is 9.88 Å². The lowest BCUT2D eigenvalue weighted by molar-refractivity contribution is 0.354. The van der Waals surface area contributed by atoms with Crippen molar-refractivity contribution in [3.63, 3.8) is 0 Å². The quantitative estimate of drug-likeness (QED) is 0.919. The zero-order valence-electron chi connectivity index (χ0n) is 11.3. The third-order valence-electron chi connectivity index (χ3n) is 4.16. The van der Waals surface area contributed by atoms with E-state index in [0.717, 1.165) is 30.9 Å². The first-order valence-corrected chi connectivity index (χ1v) is 7.03. The summed E-state index contributed by atoms with van der Waals surface area (Å²) in [6.07, 6.45) is 4.86. The van der Waals surface area contributed by atoms with Gasteiger partial charge in [0.1, 0.15) is 0 Å². The number of oxazole rings is 1. The predicted molar refractivity (Wildman–Crippen MR) is 75.4 cm³/mol. The van der Waals surface area contributed by atoms with Crippen molar-refractivity contribution in [3.8, 4) is 0 Å². The van der Waals surface area contributed by atoms with Gasteiger partial charge < -0.3 is 9.73 Å². The van der Waals surface area contributed by atoms with E-state index in [1.807, 2.05) is 12.1 Å². The Morgan fingerprint density at radius 3 is 2.95 bits per heavy atom. The summed E-state index contributed by atoms with van der Waals surface area (Å²) in [5.74, 6) is 0.547. The van der Waals surface area contributed by atoms with Gasteiger partial charge in [-0.25, -0.2) is 4.79 Å². The molecule has 0 atom stereocenters. The fraction of sp³-hybridized carbons (Fsp3) is 0.533. The lowest BCUT2D eigenvalue weighted by Crippen LogP contribution is -2.27. The highest BCUT2D eigenvalue weighted by Gasteiger charge is 2.13. The molecule has 0 saturated carbocycles. The molecule has 1 aromatic heterocycles. The number of rotatable bonds is 3. The highest BCUT2D eigenvalue weighted by atomic mass is 16.4. The molecule has 2 aromatic rings. The number of aromatic nitrogens is 1. The van der Waals surface area contributed by atoms with Crippen LogP contribution in [0.2, 0.25) is 0 Å². The van der Waals surface area contributed by atoms with E-state index < -0.39 is 0 Å². The van der Waals surface area contributed by atoms with Crippen LogP contribution in [0.1, 0.15) is 24.8 Å². The van der Waals surface area contributed by atoms with Crippen LogP contribution in [0.25, 0.3) is 11.1 Å². The Morgan fingerprint density at radius 1 is 1.37 bits per heavy atom. The van der Waals surface area contributed by atoms with Gasteiger partial charge in [0.2, 0.25) is 0 Å². The van der Waals surface area contributed by atoms with Crippen molar-refractivity contribution >= 4 is 11.1 Å². The van der Waals surface area contributed by atoms with E-state index >= 15 is 0 Å². The first kappa shape index (κ1) is 12.5. The summed E-state index contributed by atoms with van der Waals surface area (Å²) >= 11 is 0. The highest BCUT2D eigenvalue weighted by Crippen LogP contribution is 2.21. The van der Waals surface area contributed by atoms with Gasteiger partial charge in [-0.3, -0.25) is 4.57 Å². The zero-order valence-corrected chi connectivity index (χ0v) is 11.3. The van der Waals surface area contributed by atoms with Gasteiger partial charge >= 0.3 is 5.76 Å². The van der Waals surface area contributed by atoms with Crippen molar-refractivity contribution in [2.45, 2.75) is 25.7 Å². The van der Waals surface area contributed by atoms with Crippen LogP contribution < -0.4 is 11.1 Å². The van der Waals surface area contributed by atoms with Gasteiger partial charge in [-0.1, -0.05) is 6.07 Å². The summed E-state index contributed by atoms with van der Waals surface area (Å²) < 4.78 is 6.78. The van der Waals surface area contributed by atoms with Gasteiger partial charge in [-0.2, -0.15) is 0 Å². The van der Waals surface area contributed by atoms with Crippen LogP contribution in [0, 0.1) is 5.92 Å². The topological polar surface area (TPSA) is 47.2 Å². The zero-order chi connectivity index (χ0) is 13.2. The second-order valence-corrected chi connectivity index (χ2v) is 5.46. The molecule has 0 radical (unpaired) electrons. The largest absolute Gasteiger partial charge is 0.419 e. The van der Waals surface area contributed by atoms with Crippen LogP contribution >= 0.6 is 0 Å². The second-order valence-electron chi connectivity index (χ2n) is 5.46. The third kappa shape index (κ3) is 2.59. The molecule has 19 heavy (non-hydrogen) atoms. The fourth-order valence-corrected chi connectivity index (χ4v) is 2.87. The first-order valence-electron chi connectivity index (χ1n) is 7.03. The Hall–Kier alpha value is -1.55. The summed E-state index contributed by atoms with van der Waals surface area (Å²) in [6.45, 7) is 2.30. The maximum absolute atomic E-state index is 11.4. The third-order valence-corrected chi connectivity index (χ3v) is 4.16. The molecule has 2 heterocycles. The van der Waals surface area contributed by atoms with Crippen LogP contribution in [0.3, 0.4) is 0 Å². The number of aryl methyl sites for hydroxylation is 2. The number of nitrogens with zero attached hydrogens (tertiary/aromatic N) is 1. The SMILES string of the molecule is Cn1c(=O)oc2cc(CCC3CCNCC3)ccc21. The molecule has 0 spiro atoms. The number of piperidine rings is 1. The lowest BCUT2D eigenvalue weighted by Gasteiger charge is -2.22. The summed E-state index contributed by atoms with van der Waals surface area (Å²) in [5.41, 5.74) is 2.84. The molecule has 0 unspecified atom stereocenters. The van der Waals surface area contributed by atoms with Gasteiger partial charge in [0.05, 0.1) is 5.52 Å². The van der Waals surface area contributed by atoms with Crippen LogP contribution in [0.5, 0.6) is 0 Å². The maximum atomic E-state index is 11.4. The molecule has 1 fully saturated rings. The number of nitrogens with one attached hydrogen (secondary N) is 1. The van der Waals surface area contributed by atoms with E-state index in [1.165, 1.54) is 24.8 Å². The van der Waals surface area contributed by atoms with E-state index in [0.29, 0.717) is 5.58 Å². The van der Waals surface area contributed by atoms with Gasteiger partial charge in [-0.05, 0) is 62.4 Å². The second kappa shape index (κ2) is 5.21. The monoisotopic (exact) mass is 260 g/mol. The van der Waals surface area contributed by atoms with E-state index in [1.54, 1.807) is 11.6 Å². The normalized spacial score (nSPS) is 17.1. The lowest BCUT2D eigenvalue weighted by atomic mass is 9.91. The Morgan fingerprint density at radius 2 is 2.16 bits per heavy atom. The molecule has 1 aliphatic rings.